The van der Waals surface area contributed by atoms with Crippen molar-refractivity contribution in [1.29, 1.82) is 0 Å². The highest BCUT2D eigenvalue weighted by atomic mass is 79.9. The molecule has 33 heavy (non-hydrogen) atoms. The monoisotopic (exact) mass is 549 g/mol. The first-order chi connectivity index (χ1) is 15.3. The van der Waals surface area contributed by atoms with Gasteiger partial charge in [-0.1, -0.05) is 43.6 Å². The molecule has 0 saturated heterocycles. The summed E-state index contributed by atoms with van der Waals surface area (Å²) in [5.41, 5.74) is 3.58. The molecule has 0 amide bonds. The van der Waals surface area contributed by atoms with Crippen molar-refractivity contribution in [2.45, 2.75) is 46.1 Å². The first-order valence-corrected chi connectivity index (χ1v) is 13.7. The summed E-state index contributed by atoms with van der Waals surface area (Å²) >= 11 is 10.0. The SMILES string of the molecule is Cc1cc(OC(C)C)cc(C(C)(C)c2cc(Cl)cc(N(c3ccccc3Br)S(C)(=O)=O)c2)c1. The first-order valence-electron chi connectivity index (χ1n) is 10.6. The minimum atomic E-state index is -3.64. The molecule has 0 aromatic heterocycles. The van der Waals surface area contributed by atoms with Crippen LogP contribution in [0, 0.1) is 6.92 Å². The number of hydrogen-bond acceptors (Lipinski definition) is 3. The van der Waals surface area contributed by atoms with Crippen molar-refractivity contribution in [3.63, 3.8) is 0 Å². The summed E-state index contributed by atoms with van der Waals surface area (Å²) in [5, 5.41) is 0.461. The van der Waals surface area contributed by atoms with Gasteiger partial charge < -0.3 is 4.74 Å². The molecule has 0 radical (unpaired) electrons. The fourth-order valence-corrected chi connectivity index (χ4v) is 5.61. The minimum absolute atomic E-state index is 0.0631. The highest BCUT2D eigenvalue weighted by Crippen LogP contribution is 2.41. The Hall–Kier alpha value is -2.02. The summed E-state index contributed by atoms with van der Waals surface area (Å²) in [7, 11) is -3.64. The third-order valence-corrected chi connectivity index (χ3v) is 7.35. The van der Waals surface area contributed by atoms with E-state index < -0.39 is 15.4 Å². The number of para-hydroxylation sites is 1. The molecule has 0 fully saturated rings. The second kappa shape index (κ2) is 9.69. The number of halogens is 2. The number of aryl methyl sites for hydroxylation is 1. The second-order valence-corrected chi connectivity index (χ2v) is 12.1. The molecule has 0 atom stereocenters. The van der Waals surface area contributed by atoms with E-state index in [2.05, 4.69) is 35.8 Å². The van der Waals surface area contributed by atoms with Gasteiger partial charge in [0.15, 0.2) is 0 Å². The number of anilines is 2. The first kappa shape index (κ1) is 25.6. The predicted octanol–water partition coefficient (Wildman–Crippen LogP) is 7.62. The van der Waals surface area contributed by atoms with Crippen LogP contribution in [0.15, 0.2) is 65.1 Å². The fourth-order valence-electron chi connectivity index (χ4n) is 3.79. The lowest BCUT2D eigenvalue weighted by Gasteiger charge is -2.30. The highest BCUT2D eigenvalue weighted by molar-refractivity contribution is 9.10. The average Bonchev–Trinajstić information content (AvgIpc) is 2.67. The molecule has 0 bridgehead atoms. The maximum Gasteiger partial charge on any atom is 0.236 e. The lowest BCUT2D eigenvalue weighted by molar-refractivity contribution is 0.242. The van der Waals surface area contributed by atoms with Gasteiger partial charge in [0, 0.05) is 14.9 Å². The Morgan fingerprint density at radius 1 is 1.00 bits per heavy atom. The van der Waals surface area contributed by atoms with E-state index in [1.54, 1.807) is 18.2 Å². The van der Waals surface area contributed by atoms with Crippen molar-refractivity contribution in [3.8, 4) is 5.75 Å². The number of hydrogen-bond donors (Lipinski definition) is 0. The van der Waals surface area contributed by atoms with Gasteiger partial charge in [-0.05, 0) is 95.9 Å². The van der Waals surface area contributed by atoms with Crippen LogP contribution in [-0.2, 0) is 15.4 Å². The van der Waals surface area contributed by atoms with Crippen molar-refractivity contribution < 1.29 is 13.2 Å². The third kappa shape index (κ3) is 5.92. The number of sulfonamides is 1. The van der Waals surface area contributed by atoms with Gasteiger partial charge in [-0.25, -0.2) is 12.7 Å². The summed E-state index contributed by atoms with van der Waals surface area (Å²) in [5.74, 6) is 0.807. The van der Waals surface area contributed by atoms with Gasteiger partial charge >= 0.3 is 0 Å². The predicted molar refractivity (Wildman–Crippen MR) is 142 cm³/mol. The largest absolute Gasteiger partial charge is 0.491 e. The maximum atomic E-state index is 12.9. The Morgan fingerprint density at radius 3 is 2.24 bits per heavy atom. The molecular weight excluding hydrogens is 522 g/mol. The molecule has 176 valence electrons. The lowest BCUT2D eigenvalue weighted by atomic mass is 9.77. The van der Waals surface area contributed by atoms with Crippen LogP contribution in [0.25, 0.3) is 0 Å². The minimum Gasteiger partial charge on any atom is -0.491 e. The summed E-state index contributed by atoms with van der Waals surface area (Å²) in [6.07, 6.45) is 1.25. The van der Waals surface area contributed by atoms with Gasteiger partial charge in [-0.3, -0.25) is 0 Å². The number of rotatable bonds is 7. The van der Waals surface area contributed by atoms with Crippen LogP contribution >= 0.6 is 27.5 Å². The lowest BCUT2D eigenvalue weighted by Crippen LogP contribution is -2.26. The second-order valence-electron chi connectivity index (χ2n) is 9.00. The molecule has 7 heteroatoms. The van der Waals surface area contributed by atoms with Crippen LogP contribution in [0.2, 0.25) is 5.02 Å². The van der Waals surface area contributed by atoms with E-state index >= 15 is 0 Å². The molecule has 0 aliphatic rings. The number of nitrogens with zero attached hydrogens (tertiary/aromatic N) is 1. The number of benzene rings is 3. The molecule has 3 aromatic carbocycles. The Balaban J connectivity index is 2.18. The van der Waals surface area contributed by atoms with Crippen LogP contribution in [-0.4, -0.2) is 20.8 Å². The normalized spacial score (nSPS) is 12.2. The van der Waals surface area contributed by atoms with Crippen molar-refractivity contribution in [3.05, 3.63) is 86.8 Å². The quantitative estimate of drug-likeness (QED) is 0.304. The molecular formula is C26H29BrClNO3S. The molecule has 0 spiro atoms. The smallest absolute Gasteiger partial charge is 0.236 e. The molecule has 0 aliphatic heterocycles. The van der Waals surface area contributed by atoms with E-state index in [9.17, 15) is 8.42 Å². The molecule has 3 aromatic rings. The molecule has 3 rings (SSSR count). The van der Waals surface area contributed by atoms with Gasteiger partial charge in [0.1, 0.15) is 5.75 Å². The van der Waals surface area contributed by atoms with E-state index in [0.29, 0.717) is 20.9 Å². The summed E-state index contributed by atoms with van der Waals surface area (Å²) in [6, 6.07) is 18.8. The van der Waals surface area contributed by atoms with E-state index in [-0.39, 0.29) is 6.10 Å². The zero-order valence-electron chi connectivity index (χ0n) is 19.7. The topological polar surface area (TPSA) is 46.6 Å². The van der Waals surface area contributed by atoms with Gasteiger partial charge in [0.05, 0.1) is 23.7 Å². The van der Waals surface area contributed by atoms with Crippen LogP contribution in [0.3, 0.4) is 0 Å². The Kier molecular flexibility index (Phi) is 7.52. The van der Waals surface area contributed by atoms with E-state index in [1.807, 2.05) is 57.2 Å². The zero-order valence-corrected chi connectivity index (χ0v) is 22.8. The molecule has 0 aliphatic carbocycles. The van der Waals surface area contributed by atoms with Gasteiger partial charge in [0.2, 0.25) is 10.0 Å². The molecule has 0 N–H and O–H groups in total. The molecule has 4 nitrogen and oxygen atoms in total. The van der Waals surface area contributed by atoms with E-state index in [4.69, 9.17) is 16.3 Å². The van der Waals surface area contributed by atoms with Crippen LogP contribution < -0.4 is 9.04 Å². The molecule has 0 saturated carbocycles. The van der Waals surface area contributed by atoms with Crippen LogP contribution in [0.5, 0.6) is 5.75 Å². The zero-order chi connectivity index (χ0) is 24.6. The highest BCUT2D eigenvalue weighted by Gasteiger charge is 2.28. The number of ether oxygens (including phenoxy) is 1. The summed E-state index contributed by atoms with van der Waals surface area (Å²) < 4.78 is 33.7. The average molecular weight is 551 g/mol. The fraction of sp³-hybridized carbons (Fsp3) is 0.308. The van der Waals surface area contributed by atoms with E-state index in [0.717, 1.165) is 22.4 Å². The third-order valence-electron chi connectivity index (χ3n) is 5.39. The maximum absolute atomic E-state index is 12.9. The standard InChI is InChI=1S/C26H29BrClNO3S/c1-17(2)32-23-12-18(3)11-19(15-23)26(4,5)20-13-21(28)16-22(14-20)29(33(6,30)31)25-10-8-7-9-24(25)27/h7-17H,1-6H3. The molecule has 0 heterocycles. The van der Waals surface area contributed by atoms with Gasteiger partial charge in [-0.15, -0.1) is 0 Å². The summed E-state index contributed by atoms with van der Waals surface area (Å²) in [6.45, 7) is 10.2. The van der Waals surface area contributed by atoms with Crippen LogP contribution in [0.1, 0.15) is 44.4 Å². The van der Waals surface area contributed by atoms with E-state index in [1.165, 1.54) is 10.6 Å². The Morgan fingerprint density at radius 2 is 1.64 bits per heavy atom. The molecule has 0 unspecified atom stereocenters. The van der Waals surface area contributed by atoms with Crippen molar-refractivity contribution >= 4 is 48.9 Å². The van der Waals surface area contributed by atoms with Gasteiger partial charge in [0.25, 0.3) is 0 Å². The van der Waals surface area contributed by atoms with Crippen molar-refractivity contribution in [2.24, 2.45) is 0 Å². The Labute approximate surface area is 210 Å². The van der Waals surface area contributed by atoms with Crippen molar-refractivity contribution in [2.75, 3.05) is 10.6 Å². The van der Waals surface area contributed by atoms with Gasteiger partial charge in [-0.2, -0.15) is 0 Å². The van der Waals surface area contributed by atoms with Crippen LogP contribution in [0.4, 0.5) is 11.4 Å². The van der Waals surface area contributed by atoms with Crippen molar-refractivity contribution in [1.82, 2.24) is 0 Å². The Bertz CT molecular complexity index is 1270. The summed E-state index contributed by atoms with van der Waals surface area (Å²) in [4.78, 5) is 0.